The van der Waals surface area contributed by atoms with Crippen LogP contribution in [-0.2, 0) is 14.8 Å². The molecule has 0 N–H and O–H groups in total. The third-order valence-corrected chi connectivity index (χ3v) is 6.94. The number of hydrogen-bond donors (Lipinski definition) is 0. The van der Waals surface area contributed by atoms with Crippen LogP contribution < -0.4 is 4.74 Å². The summed E-state index contributed by atoms with van der Waals surface area (Å²) in [5, 5.41) is 0.218. The van der Waals surface area contributed by atoms with Gasteiger partial charge in [0.25, 0.3) is 10.0 Å². The third kappa shape index (κ3) is 3.12. The van der Waals surface area contributed by atoms with Crippen LogP contribution in [0.5, 0.6) is 5.75 Å². The van der Waals surface area contributed by atoms with Gasteiger partial charge in [-0.2, -0.15) is 4.31 Å². The Morgan fingerprint density at radius 1 is 1.43 bits per heavy atom. The van der Waals surface area contributed by atoms with Gasteiger partial charge in [-0.3, -0.25) is 0 Å². The maximum absolute atomic E-state index is 13.9. The van der Waals surface area contributed by atoms with Gasteiger partial charge in [0, 0.05) is 18.8 Å². The number of ether oxygens (including phenoxy) is 2. The van der Waals surface area contributed by atoms with E-state index in [1.165, 1.54) is 34.8 Å². The molecular formula is C18H15ClFN3O4S. The normalized spacial score (nSPS) is 26.9. The van der Waals surface area contributed by atoms with Crippen molar-refractivity contribution in [1.29, 1.82) is 0 Å². The van der Waals surface area contributed by atoms with Crippen LogP contribution in [0.25, 0.3) is 4.85 Å². The summed E-state index contributed by atoms with van der Waals surface area (Å²) in [6, 6.07) is 6.72. The highest BCUT2D eigenvalue weighted by Crippen LogP contribution is 2.47. The van der Waals surface area contributed by atoms with Crippen molar-refractivity contribution < 1.29 is 22.3 Å². The average molecular weight is 424 g/mol. The maximum atomic E-state index is 13.9. The van der Waals surface area contributed by atoms with Gasteiger partial charge in [-0.05, 0) is 31.2 Å². The summed E-state index contributed by atoms with van der Waals surface area (Å²) in [4.78, 5) is 6.97. The third-order valence-electron chi connectivity index (χ3n) is 4.99. The van der Waals surface area contributed by atoms with Crippen LogP contribution in [0.2, 0.25) is 5.02 Å². The Labute approximate surface area is 166 Å². The van der Waals surface area contributed by atoms with Gasteiger partial charge in [-0.1, -0.05) is 11.6 Å². The molecule has 0 amide bonds. The first kappa shape index (κ1) is 19.1. The molecule has 0 bridgehead atoms. The Morgan fingerprint density at radius 2 is 2.18 bits per heavy atom. The molecule has 2 aromatic rings. The number of nitrogens with zero attached hydrogens (tertiary/aromatic N) is 3. The van der Waals surface area contributed by atoms with Gasteiger partial charge in [0.1, 0.15) is 23.3 Å². The fourth-order valence-electron chi connectivity index (χ4n) is 3.36. The Bertz CT molecular complexity index is 1070. The summed E-state index contributed by atoms with van der Waals surface area (Å²) in [5.41, 5.74) is -0.906. The molecule has 4 rings (SSSR count). The predicted molar refractivity (Wildman–Crippen MR) is 98.4 cm³/mol. The van der Waals surface area contributed by atoms with Crippen molar-refractivity contribution in [2.24, 2.45) is 0 Å². The average Bonchev–Trinajstić information content (AvgIpc) is 3.15. The number of rotatable bonds is 4. The van der Waals surface area contributed by atoms with E-state index in [9.17, 15) is 12.8 Å². The summed E-state index contributed by atoms with van der Waals surface area (Å²) in [6.45, 7) is 8.87. The molecule has 28 heavy (non-hydrogen) atoms. The van der Waals surface area contributed by atoms with Crippen molar-refractivity contribution in [1.82, 2.24) is 9.29 Å². The van der Waals surface area contributed by atoms with Gasteiger partial charge in [0.2, 0.25) is 5.69 Å². The van der Waals surface area contributed by atoms with Crippen LogP contribution in [0.3, 0.4) is 0 Å². The van der Waals surface area contributed by atoms with Crippen molar-refractivity contribution in [3.8, 4) is 5.75 Å². The Kier molecular flexibility index (Phi) is 4.55. The van der Waals surface area contributed by atoms with Gasteiger partial charge < -0.3 is 9.47 Å². The molecule has 0 aliphatic carbocycles. The molecule has 0 radical (unpaired) electrons. The molecule has 10 heteroatoms. The van der Waals surface area contributed by atoms with Gasteiger partial charge in [0.15, 0.2) is 5.03 Å². The van der Waals surface area contributed by atoms with Gasteiger partial charge >= 0.3 is 0 Å². The number of sulfonamides is 1. The summed E-state index contributed by atoms with van der Waals surface area (Å²) in [5.74, 6) is -0.486. The van der Waals surface area contributed by atoms with E-state index in [2.05, 4.69) is 9.83 Å². The second-order valence-corrected chi connectivity index (χ2v) is 8.98. The number of pyridine rings is 1. The molecule has 1 spiro atoms. The van der Waals surface area contributed by atoms with Gasteiger partial charge in [0.05, 0.1) is 24.2 Å². The SMILES string of the molecule is [C-]#[N+]c1ccc(O[C@H]2CN(S(=O)(=O)c3ccc(Cl)cn3)C[C@]23O[C@H]3C)cc1F. The van der Waals surface area contributed by atoms with E-state index < -0.39 is 27.5 Å². The van der Waals surface area contributed by atoms with E-state index in [1.807, 2.05) is 6.92 Å². The molecule has 2 fully saturated rings. The molecule has 0 unspecified atom stereocenters. The lowest BCUT2D eigenvalue weighted by Gasteiger charge is -2.18. The van der Waals surface area contributed by atoms with Gasteiger partial charge in [-0.25, -0.2) is 22.6 Å². The lowest BCUT2D eigenvalue weighted by molar-refractivity contribution is 0.135. The van der Waals surface area contributed by atoms with Crippen LogP contribution in [0, 0.1) is 12.4 Å². The number of hydrogen-bond acceptors (Lipinski definition) is 5. The molecule has 2 saturated heterocycles. The highest BCUT2D eigenvalue weighted by molar-refractivity contribution is 7.89. The summed E-state index contributed by atoms with van der Waals surface area (Å²) < 4.78 is 52.5. The second-order valence-electron chi connectivity index (χ2n) is 6.66. The quantitative estimate of drug-likeness (QED) is 0.558. The fourth-order valence-corrected chi connectivity index (χ4v) is 4.87. The topological polar surface area (TPSA) is 76.4 Å². The Balaban J connectivity index is 1.59. The molecule has 0 saturated carbocycles. The van der Waals surface area contributed by atoms with Crippen molar-refractivity contribution in [2.45, 2.75) is 29.8 Å². The maximum Gasteiger partial charge on any atom is 0.260 e. The van der Waals surface area contributed by atoms with Crippen LogP contribution in [0.15, 0.2) is 41.6 Å². The molecular weight excluding hydrogens is 409 g/mol. The second kappa shape index (κ2) is 6.67. The van der Waals surface area contributed by atoms with Crippen molar-refractivity contribution >= 4 is 27.3 Å². The molecule has 7 nitrogen and oxygen atoms in total. The Morgan fingerprint density at radius 3 is 2.75 bits per heavy atom. The van der Waals surface area contributed by atoms with E-state index >= 15 is 0 Å². The number of halogens is 2. The first-order valence-corrected chi connectivity index (χ1v) is 10.2. The minimum Gasteiger partial charge on any atom is -0.486 e. The molecule has 1 aromatic heterocycles. The standard InChI is InChI=1S/C18H15ClFN3O4S/c1-11-18(27-11)10-23(28(24,25)17-6-3-12(19)8-22-17)9-16(18)26-13-4-5-15(21-2)14(20)7-13/h3-8,11,16H,9-10H2,1H3/t11-,16-,18+/m0/s1. The minimum atomic E-state index is -3.86. The molecule has 3 atom stereocenters. The lowest BCUT2D eigenvalue weighted by Crippen LogP contribution is -2.35. The summed E-state index contributed by atoms with van der Waals surface area (Å²) in [7, 11) is -3.86. The van der Waals surface area contributed by atoms with E-state index in [4.69, 9.17) is 27.6 Å². The fraction of sp³-hybridized carbons (Fsp3) is 0.333. The zero-order valence-electron chi connectivity index (χ0n) is 14.7. The van der Waals surface area contributed by atoms with E-state index in [1.54, 1.807) is 0 Å². The molecule has 146 valence electrons. The highest BCUT2D eigenvalue weighted by Gasteiger charge is 2.66. The number of epoxide rings is 1. The van der Waals surface area contributed by atoms with E-state index in [0.717, 1.165) is 6.07 Å². The predicted octanol–water partition coefficient (Wildman–Crippen LogP) is 3.03. The van der Waals surface area contributed by atoms with E-state index in [-0.39, 0.29) is 35.7 Å². The number of benzene rings is 1. The van der Waals surface area contributed by atoms with E-state index in [0.29, 0.717) is 5.02 Å². The first-order valence-electron chi connectivity index (χ1n) is 8.39. The van der Waals surface area contributed by atoms with Crippen LogP contribution in [-0.4, -0.2) is 48.6 Å². The molecule has 3 heterocycles. The molecule has 1 aromatic carbocycles. The van der Waals surface area contributed by atoms with Gasteiger partial charge in [-0.15, -0.1) is 0 Å². The lowest BCUT2D eigenvalue weighted by atomic mass is 10.0. The zero-order chi connectivity index (χ0) is 20.1. The summed E-state index contributed by atoms with van der Waals surface area (Å²) >= 11 is 5.78. The Hall–Kier alpha value is -2.25. The van der Waals surface area contributed by atoms with Crippen LogP contribution in [0.4, 0.5) is 10.1 Å². The first-order chi connectivity index (χ1) is 13.3. The minimum absolute atomic E-state index is 0.0309. The summed E-state index contributed by atoms with van der Waals surface area (Å²) in [6.07, 6.45) is 0.442. The van der Waals surface area contributed by atoms with Crippen LogP contribution in [0.1, 0.15) is 6.92 Å². The number of aromatic nitrogens is 1. The van der Waals surface area contributed by atoms with Crippen LogP contribution >= 0.6 is 11.6 Å². The zero-order valence-corrected chi connectivity index (χ0v) is 16.2. The van der Waals surface area contributed by atoms with Crippen molar-refractivity contribution in [2.75, 3.05) is 13.1 Å². The molecule has 2 aliphatic heterocycles. The largest absolute Gasteiger partial charge is 0.486 e. The van der Waals surface area contributed by atoms with Crippen molar-refractivity contribution in [3.05, 3.63) is 58.8 Å². The van der Waals surface area contributed by atoms with Crippen molar-refractivity contribution in [3.63, 3.8) is 0 Å². The smallest absolute Gasteiger partial charge is 0.260 e. The monoisotopic (exact) mass is 423 g/mol. The highest BCUT2D eigenvalue weighted by atomic mass is 35.5. The molecule has 2 aliphatic rings.